The highest BCUT2D eigenvalue weighted by molar-refractivity contribution is 4.81. The molecule has 2 aliphatic rings. The van der Waals surface area contributed by atoms with Gasteiger partial charge in [0.05, 0.1) is 0 Å². The Morgan fingerprint density at radius 1 is 0.500 bits per heavy atom. The van der Waals surface area contributed by atoms with Crippen LogP contribution in [0.5, 0.6) is 0 Å². The Balaban J connectivity index is 1.46. The summed E-state index contributed by atoms with van der Waals surface area (Å²) in [5, 5.41) is 0. The van der Waals surface area contributed by atoms with E-state index >= 15 is 0 Å². The summed E-state index contributed by atoms with van der Waals surface area (Å²) in [5.41, 5.74) is 0. The molecule has 2 rings (SSSR count). The van der Waals surface area contributed by atoms with E-state index in [2.05, 4.69) is 13.8 Å². The summed E-state index contributed by atoms with van der Waals surface area (Å²) in [6.45, 7) is 4.70. The first-order chi connectivity index (χ1) is 11.8. The van der Waals surface area contributed by atoms with E-state index in [4.69, 9.17) is 0 Å². The molecule has 0 saturated heterocycles. The van der Waals surface area contributed by atoms with Crippen LogP contribution in [-0.2, 0) is 0 Å². The molecule has 0 amide bonds. The lowest BCUT2D eigenvalue weighted by atomic mass is 9.68. The van der Waals surface area contributed by atoms with Gasteiger partial charge in [-0.3, -0.25) is 0 Å². The zero-order valence-corrected chi connectivity index (χ0v) is 17.0. The first kappa shape index (κ1) is 20.3. The molecule has 0 spiro atoms. The topological polar surface area (TPSA) is 0 Å². The van der Waals surface area contributed by atoms with Gasteiger partial charge >= 0.3 is 0 Å². The van der Waals surface area contributed by atoms with E-state index in [0.29, 0.717) is 0 Å². The summed E-state index contributed by atoms with van der Waals surface area (Å²) in [6, 6.07) is 0. The van der Waals surface area contributed by atoms with Gasteiger partial charge in [-0.2, -0.15) is 0 Å². The Bertz CT molecular complexity index is 278. The lowest BCUT2D eigenvalue weighted by molar-refractivity contribution is 0.141. The Labute approximate surface area is 153 Å². The van der Waals surface area contributed by atoms with Crippen LogP contribution in [0, 0.1) is 23.7 Å². The Hall–Kier alpha value is 0. The lowest BCUT2D eigenvalue weighted by Crippen LogP contribution is -2.25. The zero-order chi connectivity index (χ0) is 17.0. The SMILES string of the molecule is CCCCCCCCCCC1CCC([C@H]2CC[C@H](CC)CC2)CC1. The summed E-state index contributed by atoms with van der Waals surface area (Å²) in [4.78, 5) is 0. The van der Waals surface area contributed by atoms with Crippen molar-refractivity contribution >= 4 is 0 Å². The van der Waals surface area contributed by atoms with Crippen LogP contribution in [-0.4, -0.2) is 0 Å². The number of hydrogen-bond donors (Lipinski definition) is 0. The van der Waals surface area contributed by atoms with Crippen LogP contribution in [0.2, 0.25) is 0 Å². The molecule has 2 aliphatic carbocycles. The Morgan fingerprint density at radius 2 is 0.958 bits per heavy atom. The van der Waals surface area contributed by atoms with E-state index in [0.717, 1.165) is 23.7 Å². The van der Waals surface area contributed by atoms with Gasteiger partial charge in [0.1, 0.15) is 0 Å². The normalized spacial score (nSPS) is 31.2. The van der Waals surface area contributed by atoms with Crippen molar-refractivity contribution in [3.05, 3.63) is 0 Å². The number of hydrogen-bond acceptors (Lipinski definition) is 0. The van der Waals surface area contributed by atoms with Gasteiger partial charge < -0.3 is 0 Å². The van der Waals surface area contributed by atoms with Crippen molar-refractivity contribution in [2.45, 2.75) is 129 Å². The molecule has 0 heterocycles. The first-order valence-corrected chi connectivity index (χ1v) is 11.8. The highest BCUT2D eigenvalue weighted by Crippen LogP contribution is 2.42. The zero-order valence-electron chi connectivity index (χ0n) is 17.0. The highest BCUT2D eigenvalue weighted by Gasteiger charge is 2.30. The molecule has 0 atom stereocenters. The summed E-state index contributed by atoms with van der Waals surface area (Å²) < 4.78 is 0. The lowest BCUT2D eigenvalue weighted by Gasteiger charge is -2.37. The summed E-state index contributed by atoms with van der Waals surface area (Å²) >= 11 is 0. The van der Waals surface area contributed by atoms with Crippen molar-refractivity contribution in [3.63, 3.8) is 0 Å². The van der Waals surface area contributed by atoms with E-state index in [1.165, 1.54) is 57.8 Å². The molecule has 24 heavy (non-hydrogen) atoms. The second kappa shape index (κ2) is 12.4. The average molecular weight is 335 g/mol. The fourth-order valence-corrected chi connectivity index (χ4v) is 5.58. The van der Waals surface area contributed by atoms with Gasteiger partial charge in [0, 0.05) is 0 Å². The second-order valence-electron chi connectivity index (χ2n) is 9.23. The molecule has 0 N–H and O–H groups in total. The van der Waals surface area contributed by atoms with Gasteiger partial charge in [-0.05, 0) is 49.4 Å². The summed E-state index contributed by atoms with van der Waals surface area (Å²) in [7, 11) is 0. The van der Waals surface area contributed by atoms with Crippen LogP contribution in [0.4, 0.5) is 0 Å². The van der Waals surface area contributed by atoms with Crippen molar-refractivity contribution in [2.75, 3.05) is 0 Å². The monoisotopic (exact) mass is 334 g/mol. The van der Waals surface area contributed by atoms with Gasteiger partial charge in [-0.15, -0.1) is 0 Å². The molecule has 0 heteroatoms. The average Bonchev–Trinajstić information content (AvgIpc) is 2.64. The van der Waals surface area contributed by atoms with E-state index in [9.17, 15) is 0 Å². The molecule has 142 valence electrons. The van der Waals surface area contributed by atoms with Gasteiger partial charge in [0.25, 0.3) is 0 Å². The van der Waals surface area contributed by atoms with Crippen molar-refractivity contribution < 1.29 is 0 Å². The molecule has 2 saturated carbocycles. The predicted octanol–water partition coefficient (Wildman–Crippen LogP) is 8.54. The molecular weight excluding hydrogens is 288 g/mol. The van der Waals surface area contributed by atoms with E-state index in [-0.39, 0.29) is 0 Å². The minimum absolute atomic E-state index is 1.07. The smallest absolute Gasteiger partial charge is 0.0386 e. The Morgan fingerprint density at radius 3 is 1.46 bits per heavy atom. The standard InChI is InChI=1S/C24H46/c1-3-5-6-7-8-9-10-11-12-22-15-19-24(20-16-22)23-17-13-21(4-2)14-18-23/h21-24H,3-20H2,1-2H3/t21-,22?,23-,24?. The van der Waals surface area contributed by atoms with E-state index < -0.39 is 0 Å². The molecule has 0 bridgehead atoms. The largest absolute Gasteiger partial charge is 0.0654 e. The van der Waals surface area contributed by atoms with Gasteiger partial charge in [0.2, 0.25) is 0 Å². The van der Waals surface area contributed by atoms with Gasteiger partial charge in [-0.1, -0.05) is 104 Å². The van der Waals surface area contributed by atoms with Gasteiger partial charge in [-0.25, -0.2) is 0 Å². The van der Waals surface area contributed by atoms with E-state index in [1.807, 2.05) is 0 Å². The molecule has 0 aromatic rings. The van der Waals surface area contributed by atoms with E-state index in [1.54, 1.807) is 57.8 Å². The highest BCUT2D eigenvalue weighted by atomic mass is 14.4. The third-order valence-electron chi connectivity index (χ3n) is 7.49. The Kier molecular flexibility index (Phi) is 10.5. The molecule has 2 fully saturated rings. The fourth-order valence-electron chi connectivity index (χ4n) is 5.58. The second-order valence-corrected chi connectivity index (χ2v) is 9.23. The minimum atomic E-state index is 1.07. The maximum absolute atomic E-state index is 2.39. The van der Waals surface area contributed by atoms with Crippen LogP contribution >= 0.6 is 0 Å². The molecule has 0 aromatic carbocycles. The third-order valence-corrected chi connectivity index (χ3v) is 7.49. The van der Waals surface area contributed by atoms with Crippen LogP contribution < -0.4 is 0 Å². The van der Waals surface area contributed by atoms with Crippen LogP contribution in [0.15, 0.2) is 0 Å². The molecule has 0 aromatic heterocycles. The van der Waals surface area contributed by atoms with Crippen LogP contribution in [0.25, 0.3) is 0 Å². The third kappa shape index (κ3) is 7.49. The first-order valence-electron chi connectivity index (χ1n) is 11.8. The van der Waals surface area contributed by atoms with Crippen molar-refractivity contribution in [1.29, 1.82) is 0 Å². The maximum Gasteiger partial charge on any atom is -0.0386 e. The van der Waals surface area contributed by atoms with Crippen LogP contribution in [0.3, 0.4) is 0 Å². The van der Waals surface area contributed by atoms with Crippen LogP contribution in [0.1, 0.15) is 129 Å². The molecular formula is C24H46. The van der Waals surface area contributed by atoms with Crippen molar-refractivity contribution in [1.82, 2.24) is 0 Å². The van der Waals surface area contributed by atoms with Gasteiger partial charge in [0.15, 0.2) is 0 Å². The van der Waals surface area contributed by atoms with Crippen molar-refractivity contribution in [3.8, 4) is 0 Å². The predicted molar refractivity (Wildman–Crippen MR) is 108 cm³/mol. The number of rotatable bonds is 11. The fraction of sp³-hybridized carbons (Fsp3) is 1.00. The molecule has 0 unspecified atom stereocenters. The molecule has 0 aliphatic heterocycles. The number of unbranched alkanes of at least 4 members (excludes halogenated alkanes) is 7. The summed E-state index contributed by atoms with van der Waals surface area (Å²) in [5.74, 6) is 4.38. The maximum atomic E-state index is 2.39. The summed E-state index contributed by atoms with van der Waals surface area (Å²) in [6.07, 6.45) is 27.3. The molecule has 0 nitrogen and oxygen atoms in total. The minimum Gasteiger partial charge on any atom is -0.0654 e. The van der Waals surface area contributed by atoms with Crippen molar-refractivity contribution in [2.24, 2.45) is 23.7 Å². The quantitative estimate of drug-likeness (QED) is 0.332. The molecule has 0 radical (unpaired) electrons.